The third-order valence-corrected chi connectivity index (χ3v) is 6.19. The lowest BCUT2D eigenvalue weighted by Gasteiger charge is -2.16. The summed E-state index contributed by atoms with van der Waals surface area (Å²) in [6.45, 7) is 0. The first-order chi connectivity index (χ1) is 16.3. The molecule has 0 fully saturated rings. The van der Waals surface area contributed by atoms with Crippen molar-refractivity contribution in [1.82, 2.24) is 0 Å². The van der Waals surface area contributed by atoms with E-state index >= 15 is 0 Å². The number of carbonyl (C=O) groups is 2. The van der Waals surface area contributed by atoms with Crippen LogP contribution in [0.4, 0.5) is 5.69 Å². The zero-order valence-electron chi connectivity index (χ0n) is 17.7. The fourth-order valence-electron chi connectivity index (χ4n) is 4.80. The molecule has 0 atom stereocenters. The summed E-state index contributed by atoms with van der Waals surface area (Å²) >= 11 is 0. The average Bonchev–Trinajstić information content (AvgIpc) is 3.14. The number of benzene rings is 5. The number of nitrogens with zero attached hydrogens (tertiary/aromatic N) is 1. The normalized spacial score (nSPS) is 12.9. The molecule has 0 bridgehead atoms. The zero-order chi connectivity index (χ0) is 22.4. The van der Waals surface area contributed by atoms with E-state index in [1.165, 1.54) is 4.90 Å². The van der Waals surface area contributed by atoms with Crippen LogP contribution in [-0.2, 0) is 0 Å². The van der Waals surface area contributed by atoms with Crippen LogP contribution in [0.15, 0.2) is 115 Å². The molecule has 0 aliphatic carbocycles. The van der Waals surface area contributed by atoms with Crippen LogP contribution in [0, 0.1) is 0 Å². The Morgan fingerprint density at radius 2 is 0.758 bits per heavy atom. The quantitative estimate of drug-likeness (QED) is 0.293. The van der Waals surface area contributed by atoms with Gasteiger partial charge in [0, 0.05) is 11.1 Å². The van der Waals surface area contributed by atoms with Crippen molar-refractivity contribution in [2.75, 3.05) is 4.90 Å². The van der Waals surface area contributed by atoms with Gasteiger partial charge in [-0.1, -0.05) is 103 Å². The molecular weight excluding hydrogens is 406 g/mol. The molecule has 33 heavy (non-hydrogen) atoms. The highest BCUT2D eigenvalue weighted by Crippen LogP contribution is 2.46. The second-order valence-electron chi connectivity index (χ2n) is 8.06. The van der Waals surface area contributed by atoms with Crippen LogP contribution in [0.3, 0.4) is 0 Å². The predicted molar refractivity (Wildman–Crippen MR) is 132 cm³/mol. The van der Waals surface area contributed by atoms with Crippen molar-refractivity contribution in [3.05, 3.63) is 126 Å². The molecule has 0 radical (unpaired) electrons. The Kier molecular flexibility index (Phi) is 4.41. The lowest BCUT2D eigenvalue weighted by atomic mass is 9.84. The van der Waals surface area contributed by atoms with Gasteiger partial charge in [0.1, 0.15) is 0 Å². The molecule has 0 saturated heterocycles. The number of amides is 2. The molecule has 0 aromatic heterocycles. The van der Waals surface area contributed by atoms with Gasteiger partial charge >= 0.3 is 0 Å². The second kappa shape index (κ2) is 7.57. The molecule has 1 heterocycles. The van der Waals surface area contributed by atoms with Crippen LogP contribution in [0.5, 0.6) is 0 Å². The topological polar surface area (TPSA) is 37.4 Å². The van der Waals surface area contributed by atoms with E-state index in [2.05, 4.69) is 0 Å². The van der Waals surface area contributed by atoms with Crippen LogP contribution in [0.1, 0.15) is 20.7 Å². The number of imide groups is 1. The fourth-order valence-corrected chi connectivity index (χ4v) is 4.80. The maximum atomic E-state index is 13.9. The van der Waals surface area contributed by atoms with Gasteiger partial charge in [-0.15, -0.1) is 0 Å². The molecule has 6 rings (SSSR count). The van der Waals surface area contributed by atoms with Crippen molar-refractivity contribution in [1.29, 1.82) is 0 Å². The van der Waals surface area contributed by atoms with Crippen molar-refractivity contribution < 1.29 is 9.59 Å². The van der Waals surface area contributed by atoms with Gasteiger partial charge in [-0.05, 0) is 34.0 Å². The molecule has 2 amide bonds. The molecule has 3 nitrogen and oxygen atoms in total. The highest BCUT2D eigenvalue weighted by Gasteiger charge is 2.42. The molecule has 5 aromatic carbocycles. The molecule has 5 aromatic rings. The maximum Gasteiger partial charge on any atom is 0.266 e. The first-order valence-electron chi connectivity index (χ1n) is 10.9. The van der Waals surface area contributed by atoms with E-state index in [0.29, 0.717) is 16.8 Å². The van der Waals surface area contributed by atoms with E-state index < -0.39 is 0 Å². The number of rotatable bonds is 3. The Hall–Kier alpha value is -4.50. The van der Waals surface area contributed by atoms with Crippen molar-refractivity contribution in [2.24, 2.45) is 0 Å². The molecule has 156 valence electrons. The van der Waals surface area contributed by atoms with Crippen LogP contribution in [0.25, 0.3) is 33.0 Å². The number of para-hydroxylation sites is 1. The van der Waals surface area contributed by atoms with Gasteiger partial charge in [0.15, 0.2) is 0 Å². The molecule has 1 aliphatic rings. The Balaban J connectivity index is 1.78. The number of fused-ring (bicyclic) bond motifs is 2. The van der Waals surface area contributed by atoms with Gasteiger partial charge < -0.3 is 0 Å². The lowest BCUT2D eigenvalue weighted by molar-refractivity contribution is 0.0926. The smallest absolute Gasteiger partial charge is 0.266 e. The molecule has 0 N–H and O–H groups in total. The van der Waals surface area contributed by atoms with Crippen molar-refractivity contribution in [3.8, 4) is 22.3 Å². The fraction of sp³-hybridized carbons (Fsp3) is 0. The molecule has 1 aliphatic heterocycles. The first kappa shape index (κ1) is 19.2. The van der Waals surface area contributed by atoms with Gasteiger partial charge in [-0.25, -0.2) is 4.90 Å². The van der Waals surface area contributed by atoms with Crippen LogP contribution in [-0.4, -0.2) is 11.8 Å². The summed E-state index contributed by atoms with van der Waals surface area (Å²) in [5.41, 5.74) is 4.95. The Morgan fingerprint density at radius 3 is 1.18 bits per heavy atom. The molecule has 3 heteroatoms. The van der Waals surface area contributed by atoms with E-state index in [9.17, 15) is 9.59 Å². The minimum Gasteiger partial charge on any atom is -0.268 e. The molecule has 0 spiro atoms. The van der Waals surface area contributed by atoms with Crippen molar-refractivity contribution >= 4 is 28.3 Å². The Morgan fingerprint density at radius 1 is 0.394 bits per heavy atom. The summed E-state index contributed by atoms with van der Waals surface area (Å²) in [5, 5.41) is 1.91. The minimum atomic E-state index is -0.289. The summed E-state index contributed by atoms with van der Waals surface area (Å²) in [7, 11) is 0. The maximum absolute atomic E-state index is 13.9. The zero-order valence-corrected chi connectivity index (χ0v) is 17.7. The summed E-state index contributed by atoms with van der Waals surface area (Å²) in [6.07, 6.45) is 0. The average molecular weight is 425 g/mol. The number of hydrogen-bond donors (Lipinski definition) is 0. The van der Waals surface area contributed by atoms with Crippen molar-refractivity contribution in [3.63, 3.8) is 0 Å². The summed E-state index contributed by atoms with van der Waals surface area (Å²) < 4.78 is 0. The van der Waals surface area contributed by atoms with Crippen molar-refractivity contribution in [2.45, 2.75) is 0 Å². The first-order valence-corrected chi connectivity index (χ1v) is 10.9. The van der Waals surface area contributed by atoms with Crippen LogP contribution in [0.2, 0.25) is 0 Å². The Labute approximate surface area is 191 Å². The monoisotopic (exact) mass is 425 g/mol. The third-order valence-electron chi connectivity index (χ3n) is 6.19. The number of hydrogen-bond acceptors (Lipinski definition) is 2. The summed E-state index contributed by atoms with van der Waals surface area (Å²) in [5.74, 6) is -0.578. The number of carbonyl (C=O) groups excluding carboxylic acids is 2. The minimum absolute atomic E-state index is 0.289. The Bertz CT molecular complexity index is 1430. The molecular formula is C30H19NO2. The van der Waals surface area contributed by atoms with Gasteiger partial charge in [0.05, 0.1) is 16.8 Å². The molecule has 0 saturated carbocycles. The van der Waals surface area contributed by atoms with E-state index in [1.54, 1.807) is 12.1 Å². The predicted octanol–water partition coefficient (Wildman–Crippen LogP) is 6.97. The lowest BCUT2D eigenvalue weighted by Crippen LogP contribution is -2.29. The summed E-state index contributed by atoms with van der Waals surface area (Å²) in [4.78, 5) is 29.2. The highest BCUT2D eigenvalue weighted by atomic mass is 16.2. The van der Waals surface area contributed by atoms with E-state index in [-0.39, 0.29) is 11.8 Å². The largest absolute Gasteiger partial charge is 0.268 e. The van der Waals surface area contributed by atoms with Gasteiger partial charge in [0.25, 0.3) is 11.8 Å². The molecule has 0 unspecified atom stereocenters. The summed E-state index contributed by atoms with van der Waals surface area (Å²) in [6, 6.07) is 36.9. The van der Waals surface area contributed by atoms with Crippen LogP contribution < -0.4 is 4.90 Å². The third kappa shape index (κ3) is 2.90. The van der Waals surface area contributed by atoms with Gasteiger partial charge in [-0.3, -0.25) is 9.59 Å². The highest BCUT2D eigenvalue weighted by molar-refractivity contribution is 6.40. The second-order valence-corrected chi connectivity index (χ2v) is 8.06. The van der Waals surface area contributed by atoms with E-state index in [4.69, 9.17) is 0 Å². The van der Waals surface area contributed by atoms with E-state index in [1.807, 2.05) is 103 Å². The van der Waals surface area contributed by atoms with Gasteiger partial charge in [-0.2, -0.15) is 0 Å². The standard InChI is InChI=1S/C30H19NO2/c32-29-27-25(20-12-4-1-5-13-20)23-18-10-11-19-24(23)26(21-14-6-2-7-15-21)28(27)30(33)31(29)22-16-8-3-9-17-22/h1-19H. The number of anilines is 1. The SMILES string of the molecule is O=C1c2c(c(-c3ccccc3)c3ccccc3c2-c2ccccc2)C(=O)N1c1ccccc1. The van der Waals surface area contributed by atoms with Gasteiger partial charge in [0.2, 0.25) is 0 Å². The van der Waals surface area contributed by atoms with E-state index in [0.717, 1.165) is 33.0 Å². The van der Waals surface area contributed by atoms with Crippen LogP contribution >= 0.6 is 0 Å².